The first-order valence-electron chi connectivity index (χ1n) is 8.78. The minimum atomic E-state index is -1.31. The zero-order valence-electron chi connectivity index (χ0n) is 15.7. The van der Waals surface area contributed by atoms with Crippen LogP contribution in [0.2, 0.25) is 0 Å². The van der Waals surface area contributed by atoms with E-state index in [2.05, 4.69) is 10.6 Å². The molecule has 0 saturated heterocycles. The molecule has 2 amide bonds. The van der Waals surface area contributed by atoms with E-state index in [0.29, 0.717) is 11.5 Å². The van der Waals surface area contributed by atoms with Crippen molar-refractivity contribution >= 4 is 41.3 Å². The minimum Gasteiger partial charge on any atom is -0.481 e. The standard InChI is InChI=1S/C17H28N2O7S/c1-3-11(2)13(20)10-27-9-7-14(21)18-8-6-15(22)19-12(17(25)26)4-5-16(23)24/h11-12H,3-10H2,1-2H3,(H,18,21)(H,19,22)(H,23,24)(H,25,26). The Hall–Kier alpha value is -2.10. The van der Waals surface area contributed by atoms with E-state index in [4.69, 9.17) is 10.2 Å². The zero-order valence-corrected chi connectivity index (χ0v) is 16.5. The van der Waals surface area contributed by atoms with Crippen LogP contribution in [0.15, 0.2) is 0 Å². The van der Waals surface area contributed by atoms with Crippen molar-refractivity contribution in [3.8, 4) is 0 Å². The first kappa shape index (κ1) is 24.9. The maximum absolute atomic E-state index is 11.7. The molecule has 0 heterocycles. The molecule has 2 atom stereocenters. The molecule has 154 valence electrons. The van der Waals surface area contributed by atoms with Crippen LogP contribution in [0, 0.1) is 5.92 Å². The number of aliphatic carboxylic acids is 2. The number of carbonyl (C=O) groups excluding carboxylic acids is 3. The van der Waals surface area contributed by atoms with E-state index < -0.39 is 23.9 Å². The number of hydrogen-bond acceptors (Lipinski definition) is 6. The summed E-state index contributed by atoms with van der Waals surface area (Å²) in [6.07, 6.45) is 0.320. The van der Waals surface area contributed by atoms with Gasteiger partial charge in [0, 0.05) is 37.5 Å². The second kappa shape index (κ2) is 14.0. The van der Waals surface area contributed by atoms with E-state index in [1.807, 2.05) is 13.8 Å². The number of amides is 2. The number of carbonyl (C=O) groups is 5. The van der Waals surface area contributed by atoms with E-state index in [0.717, 1.165) is 6.42 Å². The molecule has 2 unspecified atom stereocenters. The average molecular weight is 404 g/mol. The molecule has 4 N–H and O–H groups in total. The molecule has 0 aliphatic carbocycles. The monoisotopic (exact) mass is 404 g/mol. The Morgan fingerprint density at radius 3 is 2.22 bits per heavy atom. The van der Waals surface area contributed by atoms with Crippen LogP contribution in [0.1, 0.15) is 46.0 Å². The third kappa shape index (κ3) is 12.8. The molecule has 0 aromatic carbocycles. The zero-order chi connectivity index (χ0) is 20.8. The summed E-state index contributed by atoms with van der Waals surface area (Å²) in [7, 11) is 0. The van der Waals surface area contributed by atoms with Gasteiger partial charge in [-0.2, -0.15) is 11.8 Å². The number of rotatable bonds is 15. The van der Waals surface area contributed by atoms with Gasteiger partial charge in [-0.3, -0.25) is 19.2 Å². The Bertz CT molecular complexity index is 539. The highest BCUT2D eigenvalue weighted by Crippen LogP contribution is 2.09. The molecular weight excluding hydrogens is 376 g/mol. The molecule has 0 aromatic heterocycles. The fourth-order valence-electron chi connectivity index (χ4n) is 1.90. The molecule has 10 heteroatoms. The molecule has 9 nitrogen and oxygen atoms in total. The Labute approximate surface area is 162 Å². The van der Waals surface area contributed by atoms with Gasteiger partial charge in [0.2, 0.25) is 11.8 Å². The van der Waals surface area contributed by atoms with Gasteiger partial charge in [-0.15, -0.1) is 0 Å². The predicted octanol–water partition coefficient (Wildman–Crippen LogP) is 0.665. The maximum Gasteiger partial charge on any atom is 0.326 e. The van der Waals surface area contributed by atoms with Crippen molar-refractivity contribution in [1.29, 1.82) is 0 Å². The van der Waals surface area contributed by atoms with Gasteiger partial charge in [0.15, 0.2) is 0 Å². The number of thioether (sulfide) groups is 1. The first-order chi connectivity index (χ1) is 12.7. The maximum atomic E-state index is 11.7. The molecule has 0 spiro atoms. The highest BCUT2D eigenvalue weighted by Gasteiger charge is 2.20. The van der Waals surface area contributed by atoms with Crippen LogP contribution in [0.25, 0.3) is 0 Å². The lowest BCUT2D eigenvalue weighted by Crippen LogP contribution is -2.42. The van der Waals surface area contributed by atoms with E-state index in [1.54, 1.807) is 0 Å². The number of carboxylic acids is 2. The lowest BCUT2D eigenvalue weighted by atomic mass is 10.1. The van der Waals surface area contributed by atoms with Crippen LogP contribution in [0.3, 0.4) is 0 Å². The summed E-state index contributed by atoms with van der Waals surface area (Å²) in [6.45, 7) is 3.87. The van der Waals surface area contributed by atoms with Gasteiger partial charge in [-0.05, 0) is 12.8 Å². The van der Waals surface area contributed by atoms with Gasteiger partial charge in [0.1, 0.15) is 11.8 Å². The van der Waals surface area contributed by atoms with Crippen molar-refractivity contribution < 1.29 is 34.2 Å². The van der Waals surface area contributed by atoms with Crippen LogP contribution < -0.4 is 10.6 Å². The van der Waals surface area contributed by atoms with Gasteiger partial charge < -0.3 is 20.8 Å². The van der Waals surface area contributed by atoms with Gasteiger partial charge >= 0.3 is 11.9 Å². The van der Waals surface area contributed by atoms with Gasteiger partial charge in [-0.25, -0.2) is 4.79 Å². The smallest absolute Gasteiger partial charge is 0.326 e. The van der Waals surface area contributed by atoms with Crippen LogP contribution in [0.5, 0.6) is 0 Å². The van der Waals surface area contributed by atoms with E-state index >= 15 is 0 Å². The molecule has 0 bridgehead atoms. The summed E-state index contributed by atoms with van der Waals surface area (Å²) in [6, 6.07) is -1.27. The van der Waals surface area contributed by atoms with Gasteiger partial charge in [0.05, 0.1) is 5.75 Å². The van der Waals surface area contributed by atoms with Crippen molar-refractivity contribution in [2.24, 2.45) is 5.92 Å². The quantitative estimate of drug-likeness (QED) is 0.291. The molecule has 0 aliphatic rings. The fraction of sp³-hybridized carbons (Fsp3) is 0.706. The molecule has 0 fully saturated rings. The topological polar surface area (TPSA) is 150 Å². The summed E-state index contributed by atoms with van der Waals surface area (Å²) in [5.74, 6) is -2.24. The highest BCUT2D eigenvalue weighted by atomic mass is 32.2. The van der Waals surface area contributed by atoms with Crippen LogP contribution in [0.4, 0.5) is 0 Å². The van der Waals surface area contributed by atoms with Crippen molar-refractivity contribution in [2.45, 2.75) is 52.0 Å². The Morgan fingerprint density at radius 2 is 1.67 bits per heavy atom. The van der Waals surface area contributed by atoms with E-state index in [9.17, 15) is 24.0 Å². The largest absolute Gasteiger partial charge is 0.481 e. The lowest BCUT2D eigenvalue weighted by Gasteiger charge is -2.13. The SMILES string of the molecule is CCC(C)C(=O)CSCCC(=O)NCCC(=O)NC(CCC(=O)O)C(=O)O. The molecule has 0 saturated carbocycles. The fourth-order valence-corrected chi connectivity index (χ4v) is 2.86. The molecular formula is C17H28N2O7S. The van der Waals surface area contributed by atoms with E-state index in [-0.39, 0.29) is 49.8 Å². The number of Topliss-reactive ketones (excluding diaryl/α,β-unsaturated/α-hetero) is 1. The molecule has 0 aromatic rings. The predicted molar refractivity (Wildman–Crippen MR) is 100 cm³/mol. The Balaban J connectivity index is 3.95. The summed E-state index contributed by atoms with van der Waals surface area (Å²) in [5.41, 5.74) is 0. The number of ketones is 1. The second-order valence-corrected chi connectivity index (χ2v) is 7.17. The molecule has 0 aliphatic heterocycles. The van der Waals surface area contributed by atoms with Crippen molar-refractivity contribution in [2.75, 3.05) is 18.1 Å². The summed E-state index contributed by atoms with van der Waals surface area (Å²) < 4.78 is 0. The van der Waals surface area contributed by atoms with Crippen LogP contribution >= 0.6 is 11.8 Å². The molecule has 0 radical (unpaired) electrons. The van der Waals surface area contributed by atoms with E-state index in [1.165, 1.54) is 11.8 Å². The van der Waals surface area contributed by atoms with Crippen molar-refractivity contribution in [3.63, 3.8) is 0 Å². The highest BCUT2D eigenvalue weighted by molar-refractivity contribution is 7.99. The third-order valence-electron chi connectivity index (χ3n) is 3.83. The Morgan fingerprint density at radius 1 is 1.00 bits per heavy atom. The number of nitrogens with one attached hydrogen (secondary N) is 2. The van der Waals surface area contributed by atoms with Crippen LogP contribution in [-0.4, -0.2) is 63.8 Å². The number of carboxylic acid groups (broad SMARTS) is 2. The normalized spacial score (nSPS) is 12.7. The van der Waals surface area contributed by atoms with Gasteiger partial charge in [0.25, 0.3) is 0 Å². The molecule has 0 rings (SSSR count). The summed E-state index contributed by atoms with van der Waals surface area (Å²) in [4.78, 5) is 56.5. The second-order valence-electron chi connectivity index (χ2n) is 6.07. The van der Waals surface area contributed by atoms with Crippen molar-refractivity contribution in [3.05, 3.63) is 0 Å². The van der Waals surface area contributed by atoms with Gasteiger partial charge in [-0.1, -0.05) is 13.8 Å². The summed E-state index contributed by atoms with van der Waals surface area (Å²) in [5, 5.41) is 22.3. The lowest BCUT2D eigenvalue weighted by molar-refractivity contribution is -0.143. The minimum absolute atomic E-state index is 0.0231. The Kier molecular flexibility index (Phi) is 12.9. The number of hydrogen-bond donors (Lipinski definition) is 4. The van der Waals surface area contributed by atoms with Crippen LogP contribution in [-0.2, 0) is 24.0 Å². The molecule has 27 heavy (non-hydrogen) atoms. The summed E-state index contributed by atoms with van der Waals surface area (Å²) >= 11 is 1.39. The third-order valence-corrected chi connectivity index (χ3v) is 4.82. The first-order valence-corrected chi connectivity index (χ1v) is 9.93. The van der Waals surface area contributed by atoms with Crippen molar-refractivity contribution in [1.82, 2.24) is 10.6 Å². The average Bonchev–Trinajstić information content (AvgIpc) is 2.60.